The smallest absolute Gasteiger partial charge is 0.325 e. The number of carbonyl (C=O) groups excluding carboxylic acids is 1. The van der Waals surface area contributed by atoms with Crippen LogP contribution in [0.4, 0.5) is 5.69 Å². The lowest BCUT2D eigenvalue weighted by atomic mass is 10.3. The maximum Gasteiger partial charge on any atom is 0.325 e. The quantitative estimate of drug-likeness (QED) is 0.590. The minimum Gasteiger partial charge on any atom is -0.480 e. The Bertz CT molecular complexity index is 465. The molecular formula is C12H15N3O3S. The molecule has 0 radical (unpaired) electrons. The van der Waals surface area contributed by atoms with Crippen molar-refractivity contribution in [1.82, 2.24) is 10.6 Å². The van der Waals surface area contributed by atoms with E-state index in [2.05, 4.69) is 16.0 Å². The summed E-state index contributed by atoms with van der Waals surface area (Å²) in [5.41, 5.74) is 0.805. The van der Waals surface area contributed by atoms with Gasteiger partial charge in [-0.3, -0.25) is 9.59 Å². The van der Waals surface area contributed by atoms with E-state index in [0.717, 1.165) is 5.69 Å². The van der Waals surface area contributed by atoms with E-state index >= 15 is 0 Å². The van der Waals surface area contributed by atoms with Crippen molar-refractivity contribution in [2.45, 2.75) is 13.0 Å². The number of anilines is 1. The number of rotatable bonds is 5. The van der Waals surface area contributed by atoms with Crippen molar-refractivity contribution in [2.24, 2.45) is 0 Å². The highest BCUT2D eigenvalue weighted by atomic mass is 32.1. The topological polar surface area (TPSA) is 90.5 Å². The van der Waals surface area contributed by atoms with E-state index in [9.17, 15) is 9.59 Å². The highest BCUT2D eigenvalue weighted by Gasteiger charge is 2.13. The van der Waals surface area contributed by atoms with Crippen LogP contribution in [-0.4, -0.2) is 34.7 Å². The molecule has 1 atom stereocenters. The minimum absolute atomic E-state index is 0.0870. The fourth-order valence-corrected chi connectivity index (χ4v) is 1.40. The second kappa shape index (κ2) is 7.32. The molecule has 0 aliphatic carbocycles. The Hall–Kier alpha value is -2.15. The molecule has 6 nitrogen and oxygen atoms in total. The molecule has 0 aliphatic heterocycles. The Balaban J connectivity index is 2.30. The molecule has 0 fully saturated rings. The van der Waals surface area contributed by atoms with E-state index in [-0.39, 0.29) is 6.54 Å². The number of hydrogen-bond donors (Lipinski definition) is 4. The molecule has 0 aliphatic rings. The zero-order valence-corrected chi connectivity index (χ0v) is 11.2. The van der Waals surface area contributed by atoms with E-state index in [1.54, 1.807) is 0 Å². The van der Waals surface area contributed by atoms with Crippen LogP contribution in [0, 0.1) is 0 Å². The third-order valence-corrected chi connectivity index (χ3v) is 2.44. The number of benzene rings is 1. The van der Waals surface area contributed by atoms with Crippen molar-refractivity contribution in [3.05, 3.63) is 30.3 Å². The standard InChI is InChI=1S/C12H15N3O3S/c1-8(11(17)18)14-10(16)7-13-12(19)15-9-5-3-2-4-6-9/h2-6,8H,7H2,1H3,(H,14,16)(H,17,18)(H2,13,15,19)/t8-/m0/s1. The molecule has 7 heteroatoms. The molecule has 1 aromatic carbocycles. The first-order chi connectivity index (χ1) is 8.99. The number of aliphatic carboxylic acids is 1. The predicted octanol–water partition coefficient (Wildman–Crippen LogP) is 0.562. The zero-order chi connectivity index (χ0) is 14.3. The Morgan fingerprint density at radius 2 is 1.95 bits per heavy atom. The molecule has 1 rings (SSSR count). The third-order valence-electron chi connectivity index (χ3n) is 2.19. The van der Waals surface area contributed by atoms with Crippen LogP contribution in [0.3, 0.4) is 0 Å². The van der Waals surface area contributed by atoms with Gasteiger partial charge in [0.2, 0.25) is 5.91 Å². The summed E-state index contributed by atoms with van der Waals surface area (Å²) >= 11 is 5.00. The highest BCUT2D eigenvalue weighted by molar-refractivity contribution is 7.80. The van der Waals surface area contributed by atoms with Gasteiger partial charge >= 0.3 is 5.97 Å². The summed E-state index contributed by atoms with van der Waals surface area (Å²) in [6.45, 7) is 1.30. The number of hydrogen-bond acceptors (Lipinski definition) is 3. The van der Waals surface area contributed by atoms with E-state index < -0.39 is 17.9 Å². The maximum atomic E-state index is 11.4. The van der Waals surface area contributed by atoms with Crippen LogP contribution in [0.5, 0.6) is 0 Å². The number of carboxylic acid groups (broad SMARTS) is 1. The van der Waals surface area contributed by atoms with E-state index in [1.165, 1.54) is 6.92 Å². The Labute approximate surface area is 116 Å². The van der Waals surface area contributed by atoms with Gasteiger partial charge in [-0.2, -0.15) is 0 Å². The lowest BCUT2D eigenvalue weighted by Crippen LogP contribution is -2.44. The third kappa shape index (κ3) is 5.82. The molecule has 0 heterocycles. The molecule has 1 amide bonds. The highest BCUT2D eigenvalue weighted by Crippen LogP contribution is 2.03. The fourth-order valence-electron chi connectivity index (χ4n) is 1.21. The number of carbonyl (C=O) groups is 2. The van der Waals surface area contributed by atoms with Crippen LogP contribution in [0.25, 0.3) is 0 Å². The largest absolute Gasteiger partial charge is 0.480 e. The molecular weight excluding hydrogens is 266 g/mol. The summed E-state index contributed by atoms with van der Waals surface area (Å²) in [5, 5.41) is 16.8. The molecule has 0 spiro atoms. The number of amides is 1. The second-order valence-corrected chi connectivity index (χ2v) is 4.21. The number of carboxylic acids is 1. The summed E-state index contributed by atoms with van der Waals surface area (Å²) < 4.78 is 0. The first kappa shape index (κ1) is 14.9. The maximum absolute atomic E-state index is 11.4. The average molecular weight is 281 g/mol. The van der Waals surface area contributed by atoms with Crippen LogP contribution < -0.4 is 16.0 Å². The van der Waals surface area contributed by atoms with Gasteiger partial charge < -0.3 is 21.1 Å². The predicted molar refractivity (Wildman–Crippen MR) is 75.9 cm³/mol. The number of para-hydroxylation sites is 1. The van der Waals surface area contributed by atoms with E-state index in [4.69, 9.17) is 17.3 Å². The Kier molecular flexibility index (Phi) is 5.74. The van der Waals surface area contributed by atoms with Gasteiger partial charge in [0.25, 0.3) is 0 Å². The van der Waals surface area contributed by atoms with Crippen LogP contribution >= 0.6 is 12.2 Å². The van der Waals surface area contributed by atoms with Crippen molar-refractivity contribution in [3.8, 4) is 0 Å². The molecule has 0 bridgehead atoms. The van der Waals surface area contributed by atoms with Gasteiger partial charge in [0, 0.05) is 5.69 Å². The zero-order valence-electron chi connectivity index (χ0n) is 10.3. The fraction of sp³-hybridized carbons (Fsp3) is 0.250. The lowest BCUT2D eigenvalue weighted by molar-refractivity contribution is -0.141. The van der Waals surface area contributed by atoms with Gasteiger partial charge in [-0.05, 0) is 31.3 Å². The van der Waals surface area contributed by atoms with Gasteiger partial charge in [0.1, 0.15) is 6.04 Å². The number of thiocarbonyl (C=S) groups is 1. The monoisotopic (exact) mass is 281 g/mol. The minimum atomic E-state index is -1.08. The summed E-state index contributed by atoms with van der Waals surface area (Å²) in [6.07, 6.45) is 0. The molecule has 0 saturated heterocycles. The molecule has 19 heavy (non-hydrogen) atoms. The first-order valence-corrected chi connectivity index (χ1v) is 6.02. The summed E-state index contributed by atoms with van der Waals surface area (Å²) in [5.74, 6) is -1.52. The van der Waals surface area contributed by atoms with Gasteiger partial charge in [0.15, 0.2) is 5.11 Å². The first-order valence-electron chi connectivity index (χ1n) is 5.61. The number of nitrogens with one attached hydrogen (secondary N) is 3. The Morgan fingerprint density at radius 3 is 2.53 bits per heavy atom. The average Bonchev–Trinajstić information content (AvgIpc) is 2.37. The van der Waals surface area contributed by atoms with Gasteiger partial charge in [-0.1, -0.05) is 18.2 Å². The molecule has 1 aromatic rings. The van der Waals surface area contributed by atoms with Crippen LogP contribution in [0.15, 0.2) is 30.3 Å². The molecule has 102 valence electrons. The molecule has 0 saturated carbocycles. The second-order valence-electron chi connectivity index (χ2n) is 3.80. The van der Waals surface area contributed by atoms with Gasteiger partial charge in [0.05, 0.1) is 6.54 Å². The Morgan fingerprint density at radius 1 is 1.32 bits per heavy atom. The van der Waals surface area contributed by atoms with Crippen molar-refractivity contribution in [2.75, 3.05) is 11.9 Å². The van der Waals surface area contributed by atoms with Gasteiger partial charge in [-0.15, -0.1) is 0 Å². The van der Waals surface area contributed by atoms with E-state index in [0.29, 0.717) is 5.11 Å². The normalized spacial score (nSPS) is 11.2. The SMILES string of the molecule is C[C@H](NC(=O)CNC(=S)Nc1ccccc1)C(=O)O. The molecule has 4 N–H and O–H groups in total. The van der Waals surface area contributed by atoms with E-state index in [1.807, 2.05) is 30.3 Å². The van der Waals surface area contributed by atoms with Gasteiger partial charge in [-0.25, -0.2) is 0 Å². The van der Waals surface area contributed by atoms with Crippen molar-refractivity contribution in [1.29, 1.82) is 0 Å². The van der Waals surface area contributed by atoms with Crippen molar-refractivity contribution < 1.29 is 14.7 Å². The molecule has 0 aromatic heterocycles. The lowest BCUT2D eigenvalue weighted by Gasteiger charge is -2.12. The van der Waals surface area contributed by atoms with Crippen LogP contribution in [0.1, 0.15) is 6.92 Å². The summed E-state index contributed by atoms with van der Waals surface area (Å²) in [7, 11) is 0. The van der Waals surface area contributed by atoms with Crippen molar-refractivity contribution >= 4 is 34.9 Å². The van der Waals surface area contributed by atoms with Crippen molar-refractivity contribution in [3.63, 3.8) is 0 Å². The van der Waals surface area contributed by atoms with Crippen LogP contribution in [0.2, 0.25) is 0 Å². The van der Waals surface area contributed by atoms with Crippen LogP contribution in [-0.2, 0) is 9.59 Å². The summed E-state index contributed by atoms with van der Waals surface area (Å²) in [4.78, 5) is 21.9. The summed E-state index contributed by atoms with van der Waals surface area (Å²) in [6, 6.07) is 8.33. The molecule has 0 unspecified atom stereocenters.